The largest absolute Gasteiger partial charge is 0.106 e. The number of hydrogen-bond donors (Lipinski definition) is 0. The van der Waals surface area contributed by atoms with Gasteiger partial charge in [-0.05, 0) is 11.8 Å². The van der Waals surface area contributed by atoms with Crippen molar-refractivity contribution in [1.29, 1.82) is 0 Å². The molecule has 0 spiro atoms. The van der Waals surface area contributed by atoms with E-state index < -0.39 is 0 Å². The highest BCUT2D eigenvalue weighted by atomic mass is 14.3. The lowest BCUT2D eigenvalue weighted by Crippen LogP contribution is -2.07. The predicted molar refractivity (Wildman–Crippen MR) is 71.1 cm³/mol. The second-order valence-electron chi connectivity index (χ2n) is 4.74. The molecule has 0 aromatic rings. The molecule has 1 aliphatic rings. The molecule has 0 radical (unpaired) electrons. The molecule has 0 aromatic carbocycles. The molecule has 0 heteroatoms. The molecule has 0 nitrogen and oxygen atoms in total. The Bertz CT molecular complexity index is 114. The molecule has 1 aliphatic carbocycles. The van der Waals surface area contributed by atoms with Crippen LogP contribution >= 0.6 is 0 Å². The van der Waals surface area contributed by atoms with Crippen molar-refractivity contribution in [3.8, 4) is 0 Å². The van der Waals surface area contributed by atoms with Gasteiger partial charge in [-0.2, -0.15) is 0 Å². The Balaban J connectivity index is 0.000000921. The van der Waals surface area contributed by atoms with Crippen LogP contribution in [0.25, 0.3) is 0 Å². The molecule has 0 saturated heterocycles. The van der Waals surface area contributed by atoms with Crippen molar-refractivity contribution in [1.82, 2.24) is 0 Å². The molecule has 2 unspecified atom stereocenters. The highest BCUT2D eigenvalue weighted by Crippen LogP contribution is 2.38. The predicted octanol–water partition coefficient (Wildman–Crippen LogP) is 5.59. The smallest absolute Gasteiger partial charge is 0.0386 e. The first kappa shape index (κ1) is 14.7. The van der Waals surface area contributed by atoms with Crippen LogP contribution in [0.2, 0.25) is 0 Å². The molecule has 0 bridgehead atoms. The van der Waals surface area contributed by atoms with Gasteiger partial charge in [-0.3, -0.25) is 0 Å². The van der Waals surface area contributed by atoms with Gasteiger partial charge in [0.25, 0.3) is 0 Å². The maximum atomic E-state index is 3.00. The molecule has 90 valence electrons. The van der Waals surface area contributed by atoms with Crippen LogP contribution in [0.3, 0.4) is 0 Å². The van der Waals surface area contributed by atoms with Crippen LogP contribution in [0.1, 0.15) is 71.6 Å². The average Bonchev–Trinajstić information content (AvgIpc) is 2.73. The molecular formula is C15H30. The van der Waals surface area contributed by atoms with E-state index in [1.807, 2.05) is 0 Å². The lowest BCUT2D eigenvalue weighted by atomic mass is 9.87. The minimum Gasteiger partial charge on any atom is -0.106 e. The summed E-state index contributed by atoms with van der Waals surface area (Å²) in [6.07, 6.45) is 13.3. The minimum absolute atomic E-state index is 1.10. The summed E-state index contributed by atoms with van der Waals surface area (Å²) >= 11 is 0. The summed E-state index contributed by atoms with van der Waals surface area (Å²) < 4.78 is 0. The molecule has 1 rings (SSSR count). The molecule has 1 saturated carbocycles. The van der Waals surface area contributed by atoms with Gasteiger partial charge < -0.3 is 0 Å². The molecule has 0 heterocycles. The second kappa shape index (κ2) is 10.3. The average molecular weight is 210 g/mol. The first-order chi connectivity index (χ1) is 7.38. The number of unbranched alkanes of at least 4 members (excludes halogenated alkanes) is 2. The fraction of sp³-hybridized carbons (Fsp3) is 0.867. The maximum Gasteiger partial charge on any atom is -0.0386 e. The van der Waals surface area contributed by atoms with Gasteiger partial charge in [0, 0.05) is 0 Å². The lowest BCUT2D eigenvalue weighted by molar-refractivity contribution is 0.328. The van der Waals surface area contributed by atoms with E-state index in [9.17, 15) is 0 Å². The summed E-state index contributed by atoms with van der Waals surface area (Å²) in [7, 11) is 0. The van der Waals surface area contributed by atoms with Crippen LogP contribution < -0.4 is 0 Å². The zero-order valence-corrected chi connectivity index (χ0v) is 10.9. The van der Waals surface area contributed by atoms with Gasteiger partial charge >= 0.3 is 0 Å². The quantitative estimate of drug-likeness (QED) is 0.502. The molecule has 15 heavy (non-hydrogen) atoms. The topological polar surface area (TPSA) is 0 Å². The normalized spacial score (nSPS) is 24.7. The highest BCUT2D eigenvalue weighted by Gasteiger charge is 2.25. The minimum atomic E-state index is 1.10. The Hall–Kier alpha value is -0.260. The SMILES string of the molecule is C=C.CCCCC1CCCC1CCCC. The van der Waals surface area contributed by atoms with Gasteiger partial charge in [-0.1, -0.05) is 71.6 Å². The van der Waals surface area contributed by atoms with Crippen LogP contribution in [0.15, 0.2) is 13.2 Å². The molecule has 0 aromatic heterocycles. The zero-order chi connectivity index (χ0) is 11.5. The number of hydrogen-bond acceptors (Lipinski definition) is 0. The summed E-state index contributed by atoms with van der Waals surface area (Å²) in [5, 5.41) is 0. The van der Waals surface area contributed by atoms with Crippen LogP contribution in [-0.4, -0.2) is 0 Å². The van der Waals surface area contributed by atoms with Crippen LogP contribution in [0.4, 0.5) is 0 Å². The third-order valence-electron chi connectivity index (χ3n) is 3.67. The summed E-state index contributed by atoms with van der Waals surface area (Å²) in [5.41, 5.74) is 0. The first-order valence-corrected chi connectivity index (χ1v) is 6.88. The van der Waals surface area contributed by atoms with Gasteiger partial charge in [-0.15, -0.1) is 13.2 Å². The summed E-state index contributed by atoms with van der Waals surface area (Å²) in [4.78, 5) is 0. The van der Waals surface area contributed by atoms with E-state index in [2.05, 4.69) is 27.0 Å². The third kappa shape index (κ3) is 6.02. The van der Waals surface area contributed by atoms with Crippen LogP contribution in [0.5, 0.6) is 0 Å². The fourth-order valence-electron chi connectivity index (χ4n) is 2.81. The van der Waals surface area contributed by atoms with E-state index >= 15 is 0 Å². The molecular weight excluding hydrogens is 180 g/mol. The van der Waals surface area contributed by atoms with Crippen molar-refractivity contribution in [3.05, 3.63) is 13.2 Å². The first-order valence-electron chi connectivity index (χ1n) is 6.88. The molecule has 0 N–H and O–H groups in total. The zero-order valence-electron chi connectivity index (χ0n) is 10.9. The Labute approximate surface area is 97.2 Å². The Morgan fingerprint density at radius 1 is 0.867 bits per heavy atom. The summed E-state index contributed by atoms with van der Waals surface area (Å²) in [5.74, 6) is 2.21. The lowest BCUT2D eigenvalue weighted by Gasteiger charge is -2.18. The van der Waals surface area contributed by atoms with Crippen molar-refractivity contribution < 1.29 is 0 Å². The van der Waals surface area contributed by atoms with Gasteiger partial charge in [0.1, 0.15) is 0 Å². The van der Waals surface area contributed by atoms with Crippen LogP contribution in [-0.2, 0) is 0 Å². The fourth-order valence-corrected chi connectivity index (χ4v) is 2.81. The molecule has 1 fully saturated rings. The molecule has 0 amide bonds. The maximum absolute atomic E-state index is 3.00. The summed E-state index contributed by atoms with van der Waals surface area (Å²) in [6.45, 7) is 10.6. The molecule has 0 aliphatic heterocycles. The van der Waals surface area contributed by atoms with Crippen molar-refractivity contribution >= 4 is 0 Å². The van der Waals surface area contributed by atoms with E-state index in [0.717, 1.165) is 11.8 Å². The van der Waals surface area contributed by atoms with E-state index in [4.69, 9.17) is 0 Å². The van der Waals surface area contributed by atoms with Gasteiger partial charge in [0.2, 0.25) is 0 Å². The van der Waals surface area contributed by atoms with Crippen molar-refractivity contribution in [2.24, 2.45) is 11.8 Å². The van der Waals surface area contributed by atoms with E-state index in [0.29, 0.717) is 0 Å². The standard InChI is InChI=1S/C13H26.C2H4/c1-3-5-8-12-10-7-11-13(12)9-6-4-2;1-2/h12-13H,3-11H2,1-2H3;1-2H2. The van der Waals surface area contributed by atoms with Crippen molar-refractivity contribution in [3.63, 3.8) is 0 Å². The van der Waals surface area contributed by atoms with Gasteiger partial charge in [-0.25, -0.2) is 0 Å². The van der Waals surface area contributed by atoms with Gasteiger partial charge in [0.05, 0.1) is 0 Å². The van der Waals surface area contributed by atoms with Crippen molar-refractivity contribution in [2.45, 2.75) is 71.6 Å². The number of rotatable bonds is 6. The second-order valence-corrected chi connectivity index (χ2v) is 4.74. The highest BCUT2D eigenvalue weighted by molar-refractivity contribution is 4.77. The Morgan fingerprint density at radius 2 is 1.27 bits per heavy atom. The van der Waals surface area contributed by atoms with Crippen molar-refractivity contribution in [2.75, 3.05) is 0 Å². The summed E-state index contributed by atoms with van der Waals surface area (Å²) in [6, 6.07) is 0. The molecule has 2 atom stereocenters. The Morgan fingerprint density at radius 3 is 1.60 bits per heavy atom. The van der Waals surface area contributed by atoms with E-state index in [1.54, 1.807) is 0 Å². The van der Waals surface area contributed by atoms with E-state index in [1.165, 1.54) is 57.8 Å². The third-order valence-corrected chi connectivity index (χ3v) is 3.67. The monoisotopic (exact) mass is 210 g/mol. The van der Waals surface area contributed by atoms with Gasteiger partial charge in [0.15, 0.2) is 0 Å². The Kier molecular flexibility index (Phi) is 10.1. The van der Waals surface area contributed by atoms with Crippen LogP contribution in [0, 0.1) is 11.8 Å². The van der Waals surface area contributed by atoms with E-state index in [-0.39, 0.29) is 0 Å².